The topological polar surface area (TPSA) is 141 Å². The molecule has 3 aromatic carbocycles. The summed E-state index contributed by atoms with van der Waals surface area (Å²) in [6.07, 6.45) is 0. The van der Waals surface area contributed by atoms with Gasteiger partial charge in [-0.25, -0.2) is 9.59 Å². The van der Waals surface area contributed by atoms with Crippen LogP contribution in [0.5, 0.6) is 17.2 Å². The molecule has 39 heavy (non-hydrogen) atoms. The highest BCUT2D eigenvalue weighted by atomic mass is 16.5. The lowest BCUT2D eigenvalue weighted by atomic mass is 10.1. The molecule has 3 rings (SSSR count). The summed E-state index contributed by atoms with van der Waals surface area (Å²) in [4.78, 5) is 48.9. The molecule has 3 N–H and O–H groups in total. The van der Waals surface area contributed by atoms with E-state index in [1.807, 2.05) is 26.0 Å². The summed E-state index contributed by atoms with van der Waals surface area (Å²) in [5.74, 6) is -1.17. The summed E-state index contributed by atoms with van der Waals surface area (Å²) in [5.41, 5.74) is 2.99. The van der Waals surface area contributed by atoms with Crippen LogP contribution in [-0.4, -0.2) is 51.2 Å². The molecule has 4 amide bonds. The van der Waals surface area contributed by atoms with Gasteiger partial charge in [0, 0.05) is 5.69 Å². The van der Waals surface area contributed by atoms with Gasteiger partial charge < -0.3 is 29.6 Å². The number of methoxy groups -OCH3 is 2. The molecule has 0 saturated carbocycles. The summed E-state index contributed by atoms with van der Waals surface area (Å²) < 4.78 is 21.0. The van der Waals surface area contributed by atoms with Crippen LogP contribution in [0.15, 0.2) is 60.7 Å². The SMILES string of the molecule is COc1ccccc1NC(=O)COc1ccc(C(=O)OCC(=O)NC(=O)Nc2ccc(C)cc2C)cc1OC. The van der Waals surface area contributed by atoms with Gasteiger partial charge >= 0.3 is 12.0 Å². The summed E-state index contributed by atoms with van der Waals surface area (Å²) in [7, 11) is 2.86. The summed E-state index contributed by atoms with van der Waals surface area (Å²) in [6, 6.07) is 15.8. The quantitative estimate of drug-likeness (QED) is 0.333. The number of ether oxygens (including phenoxy) is 4. The van der Waals surface area contributed by atoms with Crippen molar-refractivity contribution in [3.05, 3.63) is 77.4 Å². The number of carbonyl (C=O) groups is 4. The molecule has 0 aromatic heterocycles. The van der Waals surface area contributed by atoms with E-state index in [0.29, 0.717) is 17.1 Å². The Balaban J connectivity index is 1.50. The third-order valence-corrected chi connectivity index (χ3v) is 5.36. The highest BCUT2D eigenvalue weighted by Gasteiger charge is 2.17. The number of carbonyl (C=O) groups excluding carboxylic acids is 4. The number of anilines is 2. The van der Waals surface area contributed by atoms with Gasteiger partial charge in [-0.05, 0) is 55.8 Å². The van der Waals surface area contributed by atoms with Crippen LogP contribution < -0.4 is 30.2 Å². The second kappa shape index (κ2) is 13.5. The van der Waals surface area contributed by atoms with E-state index in [-0.39, 0.29) is 23.7 Å². The maximum Gasteiger partial charge on any atom is 0.338 e. The summed E-state index contributed by atoms with van der Waals surface area (Å²) in [6.45, 7) is 2.74. The van der Waals surface area contributed by atoms with E-state index in [4.69, 9.17) is 18.9 Å². The Morgan fingerprint density at radius 3 is 2.18 bits per heavy atom. The van der Waals surface area contributed by atoms with Crippen LogP contribution in [0.2, 0.25) is 0 Å². The normalized spacial score (nSPS) is 10.2. The second-order valence-corrected chi connectivity index (χ2v) is 8.30. The number of para-hydroxylation sites is 2. The highest BCUT2D eigenvalue weighted by Crippen LogP contribution is 2.29. The number of rotatable bonds is 10. The van der Waals surface area contributed by atoms with Gasteiger partial charge in [-0.3, -0.25) is 14.9 Å². The van der Waals surface area contributed by atoms with Crippen molar-refractivity contribution in [2.75, 3.05) is 38.1 Å². The number of urea groups is 1. The van der Waals surface area contributed by atoms with Crippen molar-refractivity contribution in [3.63, 3.8) is 0 Å². The first-order chi connectivity index (χ1) is 18.7. The first-order valence-electron chi connectivity index (χ1n) is 11.8. The number of hydrogen-bond acceptors (Lipinski definition) is 8. The van der Waals surface area contributed by atoms with E-state index in [0.717, 1.165) is 11.1 Å². The Morgan fingerprint density at radius 1 is 0.718 bits per heavy atom. The lowest BCUT2D eigenvalue weighted by molar-refractivity contribution is -0.123. The van der Waals surface area contributed by atoms with Gasteiger partial charge in [0.2, 0.25) is 0 Å². The molecule has 0 bridgehead atoms. The molecule has 3 aromatic rings. The molecule has 204 valence electrons. The van der Waals surface area contributed by atoms with Crippen molar-refractivity contribution in [2.45, 2.75) is 13.8 Å². The van der Waals surface area contributed by atoms with E-state index < -0.39 is 30.4 Å². The number of amides is 4. The minimum atomic E-state index is -0.821. The van der Waals surface area contributed by atoms with Crippen molar-refractivity contribution in [2.24, 2.45) is 0 Å². The van der Waals surface area contributed by atoms with Gasteiger partial charge in [0.25, 0.3) is 11.8 Å². The Bertz CT molecular complexity index is 1370. The Hall–Kier alpha value is -5.06. The minimum absolute atomic E-state index is 0.0743. The standard InChI is InChI=1S/C28H29N3O8/c1-17-9-11-20(18(2)13-17)30-28(35)31-26(33)16-39-27(34)19-10-12-23(24(14-19)37-4)38-15-25(32)29-21-7-5-6-8-22(21)36-3/h5-14H,15-16H2,1-4H3,(H,29,32)(H2,30,31,33,35). The monoisotopic (exact) mass is 535 g/mol. The predicted molar refractivity (Wildman–Crippen MR) is 143 cm³/mol. The molecule has 0 unspecified atom stereocenters. The molecule has 0 aliphatic rings. The van der Waals surface area contributed by atoms with Gasteiger partial charge in [0.05, 0.1) is 25.5 Å². The second-order valence-electron chi connectivity index (χ2n) is 8.30. The fourth-order valence-corrected chi connectivity index (χ4v) is 3.48. The number of aryl methyl sites for hydroxylation is 2. The zero-order valence-electron chi connectivity index (χ0n) is 22.0. The third-order valence-electron chi connectivity index (χ3n) is 5.36. The highest BCUT2D eigenvalue weighted by molar-refractivity contribution is 6.02. The van der Waals surface area contributed by atoms with Gasteiger partial charge in [0.1, 0.15) is 5.75 Å². The van der Waals surface area contributed by atoms with Crippen molar-refractivity contribution in [3.8, 4) is 17.2 Å². The first-order valence-corrected chi connectivity index (χ1v) is 11.8. The lowest BCUT2D eigenvalue weighted by Crippen LogP contribution is -2.37. The van der Waals surface area contributed by atoms with Crippen LogP contribution in [-0.2, 0) is 14.3 Å². The average molecular weight is 536 g/mol. The van der Waals surface area contributed by atoms with Gasteiger partial charge in [-0.2, -0.15) is 0 Å². The van der Waals surface area contributed by atoms with Crippen LogP contribution in [0.1, 0.15) is 21.5 Å². The number of imide groups is 1. The third kappa shape index (κ3) is 8.22. The van der Waals surface area contributed by atoms with Crippen molar-refractivity contribution < 1.29 is 38.1 Å². The fourth-order valence-electron chi connectivity index (χ4n) is 3.48. The molecule has 0 aliphatic heterocycles. The van der Waals surface area contributed by atoms with Crippen LogP contribution >= 0.6 is 0 Å². The first kappa shape index (κ1) is 28.5. The minimum Gasteiger partial charge on any atom is -0.495 e. The summed E-state index contributed by atoms with van der Waals surface area (Å²) in [5, 5.41) is 7.36. The zero-order valence-corrected chi connectivity index (χ0v) is 22.0. The van der Waals surface area contributed by atoms with E-state index >= 15 is 0 Å². The van der Waals surface area contributed by atoms with Crippen LogP contribution in [0.25, 0.3) is 0 Å². The molecule has 0 radical (unpaired) electrons. The largest absolute Gasteiger partial charge is 0.495 e. The fraction of sp³-hybridized carbons (Fsp3) is 0.214. The number of hydrogen-bond donors (Lipinski definition) is 3. The van der Waals surface area contributed by atoms with Crippen LogP contribution in [0, 0.1) is 13.8 Å². The lowest BCUT2D eigenvalue weighted by Gasteiger charge is -2.13. The molecule has 0 aliphatic carbocycles. The Kier molecular flexibility index (Phi) is 9.85. The molecule has 0 heterocycles. The van der Waals surface area contributed by atoms with Gasteiger partial charge in [-0.1, -0.05) is 29.8 Å². The van der Waals surface area contributed by atoms with E-state index in [1.54, 1.807) is 30.3 Å². The van der Waals surface area contributed by atoms with Crippen molar-refractivity contribution in [1.82, 2.24) is 5.32 Å². The van der Waals surface area contributed by atoms with Crippen molar-refractivity contribution >= 4 is 35.2 Å². The van der Waals surface area contributed by atoms with E-state index in [9.17, 15) is 19.2 Å². The van der Waals surface area contributed by atoms with Gasteiger partial charge in [0.15, 0.2) is 24.7 Å². The number of esters is 1. The molecular weight excluding hydrogens is 506 g/mol. The van der Waals surface area contributed by atoms with E-state index in [2.05, 4.69) is 16.0 Å². The number of nitrogens with one attached hydrogen (secondary N) is 3. The molecular formula is C28H29N3O8. The molecule has 11 heteroatoms. The molecule has 0 fully saturated rings. The molecule has 11 nitrogen and oxygen atoms in total. The zero-order chi connectivity index (χ0) is 28.4. The average Bonchev–Trinajstić information content (AvgIpc) is 2.92. The molecule has 0 saturated heterocycles. The molecule has 0 spiro atoms. The Labute approximate surface area is 225 Å². The number of benzene rings is 3. The Morgan fingerprint density at radius 2 is 1.46 bits per heavy atom. The van der Waals surface area contributed by atoms with Crippen molar-refractivity contribution in [1.29, 1.82) is 0 Å². The predicted octanol–water partition coefficient (Wildman–Crippen LogP) is 3.84. The smallest absolute Gasteiger partial charge is 0.338 e. The van der Waals surface area contributed by atoms with Gasteiger partial charge in [-0.15, -0.1) is 0 Å². The summed E-state index contributed by atoms with van der Waals surface area (Å²) >= 11 is 0. The van der Waals surface area contributed by atoms with Crippen LogP contribution in [0.3, 0.4) is 0 Å². The maximum atomic E-state index is 12.4. The maximum absolute atomic E-state index is 12.4. The molecule has 0 atom stereocenters. The van der Waals surface area contributed by atoms with Crippen LogP contribution in [0.4, 0.5) is 16.2 Å². The van der Waals surface area contributed by atoms with E-state index in [1.165, 1.54) is 32.4 Å².